The lowest BCUT2D eigenvalue weighted by Gasteiger charge is -2.60. The Morgan fingerprint density at radius 1 is 1.35 bits per heavy atom. The standard InChI is InChI=1S/C13H24N2O2/c1-11(2,3)17-10(16)15-13(9-14)7-12(8-13)5-4-6-12/h4-9,14H2,1-3H3,(H,15,16). The summed E-state index contributed by atoms with van der Waals surface area (Å²) in [6.07, 6.45) is 5.63. The Kier molecular flexibility index (Phi) is 2.89. The third-order valence-electron chi connectivity index (χ3n) is 4.00. The number of hydrogen-bond acceptors (Lipinski definition) is 3. The van der Waals surface area contributed by atoms with Crippen LogP contribution in [0.25, 0.3) is 0 Å². The van der Waals surface area contributed by atoms with Gasteiger partial charge >= 0.3 is 6.09 Å². The summed E-state index contributed by atoms with van der Waals surface area (Å²) in [6.45, 7) is 6.12. The molecule has 1 amide bonds. The fourth-order valence-electron chi connectivity index (χ4n) is 3.22. The Balaban J connectivity index is 1.86. The van der Waals surface area contributed by atoms with Gasteiger partial charge < -0.3 is 15.8 Å². The second-order valence-electron chi connectivity index (χ2n) is 6.82. The summed E-state index contributed by atoms with van der Waals surface area (Å²) in [6, 6.07) is 0. The monoisotopic (exact) mass is 240 g/mol. The van der Waals surface area contributed by atoms with Crippen molar-refractivity contribution in [1.82, 2.24) is 5.32 Å². The van der Waals surface area contributed by atoms with Crippen LogP contribution >= 0.6 is 0 Å². The van der Waals surface area contributed by atoms with Crippen LogP contribution in [0.4, 0.5) is 4.79 Å². The van der Waals surface area contributed by atoms with E-state index in [4.69, 9.17) is 10.5 Å². The lowest BCUT2D eigenvalue weighted by atomic mass is 9.48. The molecule has 0 aliphatic heterocycles. The molecule has 98 valence electrons. The fraction of sp³-hybridized carbons (Fsp3) is 0.923. The van der Waals surface area contributed by atoms with Crippen molar-refractivity contribution in [2.24, 2.45) is 11.1 Å². The number of ether oxygens (including phenoxy) is 1. The lowest BCUT2D eigenvalue weighted by Crippen LogP contribution is -2.67. The maximum absolute atomic E-state index is 11.8. The van der Waals surface area contributed by atoms with E-state index < -0.39 is 5.60 Å². The molecule has 0 saturated heterocycles. The molecule has 1 spiro atoms. The molecular formula is C13H24N2O2. The molecule has 0 aromatic heterocycles. The van der Waals surface area contributed by atoms with Gasteiger partial charge in [-0.2, -0.15) is 0 Å². The van der Waals surface area contributed by atoms with E-state index in [-0.39, 0.29) is 11.6 Å². The molecule has 2 aliphatic rings. The van der Waals surface area contributed by atoms with Crippen molar-refractivity contribution in [3.8, 4) is 0 Å². The van der Waals surface area contributed by atoms with Gasteiger partial charge in [0.2, 0.25) is 0 Å². The highest BCUT2D eigenvalue weighted by Crippen LogP contribution is 2.60. The SMILES string of the molecule is CC(C)(C)OC(=O)NC1(CN)CC2(CCC2)C1. The smallest absolute Gasteiger partial charge is 0.408 e. The van der Waals surface area contributed by atoms with E-state index in [1.165, 1.54) is 19.3 Å². The Morgan fingerprint density at radius 3 is 2.29 bits per heavy atom. The van der Waals surface area contributed by atoms with Gasteiger partial charge in [0.15, 0.2) is 0 Å². The van der Waals surface area contributed by atoms with Gasteiger partial charge in [-0.1, -0.05) is 6.42 Å². The van der Waals surface area contributed by atoms with Crippen LogP contribution in [-0.2, 0) is 4.74 Å². The second-order valence-corrected chi connectivity index (χ2v) is 6.82. The van der Waals surface area contributed by atoms with Crippen molar-refractivity contribution in [1.29, 1.82) is 0 Å². The summed E-state index contributed by atoms with van der Waals surface area (Å²) in [7, 11) is 0. The zero-order chi connectivity index (χ0) is 12.7. The van der Waals surface area contributed by atoms with Gasteiger partial charge in [-0.15, -0.1) is 0 Å². The molecular weight excluding hydrogens is 216 g/mol. The second kappa shape index (κ2) is 3.87. The van der Waals surface area contributed by atoms with E-state index >= 15 is 0 Å². The average molecular weight is 240 g/mol. The Bertz CT molecular complexity index is 308. The first-order valence-corrected chi connectivity index (χ1v) is 6.50. The fourth-order valence-corrected chi connectivity index (χ4v) is 3.22. The molecule has 0 heterocycles. The number of carbonyl (C=O) groups is 1. The van der Waals surface area contributed by atoms with Crippen molar-refractivity contribution < 1.29 is 9.53 Å². The third-order valence-corrected chi connectivity index (χ3v) is 4.00. The van der Waals surface area contributed by atoms with Gasteiger partial charge in [-0.05, 0) is 51.9 Å². The van der Waals surface area contributed by atoms with Crippen LogP contribution in [0.1, 0.15) is 52.9 Å². The van der Waals surface area contributed by atoms with Crippen molar-refractivity contribution >= 4 is 6.09 Å². The molecule has 3 N–H and O–H groups in total. The van der Waals surface area contributed by atoms with Crippen LogP contribution < -0.4 is 11.1 Å². The molecule has 4 heteroatoms. The molecule has 2 fully saturated rings. The topological polar surface area (TPSA) is 64.3 Å². The molecule has 0 atom stereocenters. The summed E-state index contributed by atoms with van der Waals surface area (Å²) in [5, 5.41) is 2.97. The predicted molar refractivity (Wildman–Crippen MR) is 66.7 cm³/mol. The molecule has 0 aromatic rings. The minimum absolute atomic E-state index is 0.206. The van der Waals surface area contributed by atoms with Gasteiger partial charge in [-0.3, -0.25) is 0 Å². The quantitative estimate of drug-likeness (QED) is 0.777. The maximum atomic E-state index is 11.8. The van der Waals surface area contributed by atoms with E-state index in [0.717, 1.165) is 12.8 Å². The summed E-state index contributed by atoms with van der Waals surface area (Å²) in [5.74, 6) is 0. The summed E-state index contributed by atoms with van der Waals surface area (Å²) in [4.78, 5) is 11.8. The van der Waals surface area contributed by atoms with E-state index in [1.54, 1.807) is 0 Å². The Labute approximate surface area is 103 Å². The van der Waals surface area contributed by atoms with Crippen LogP contribution in [0.15, 0.2) is 0 Å². The molecule has 17 heavy (non-hydrogen) atoms. The normalized spacial score (nSPS) is 24.7. The Hall–Kier alpha value is -0.770. The summed E-state index contributed by atoms with van der Waals surface area (Å²) in [5.41, 5.74) is 5.65. The lowest BCUT2D eigenvalue weighted by molar-refractivity contribution is -0.0597. The minimum atomic E-state index is -0.447. The van der Waals surface area contributed by atoms with Crippen molar-refractivity contribution in [3.63, 3.8) is 0 Å². The zero-order valence-corrected chi connectivity index (χ0v) is 11.1. The first kappa shape index (κ1) is 12.7. The van der Waals surface area contributed by atoms with E-state index in [9.17, 15) is 4.79 Å². The largest absolute Gasteiger partial charge is 0.444 e. The van der Waals surface area contributed by atoms with Crippen molar-refractivity contribution in [3.05, 3.63) is 0 Å². The zero-order valence-electron chi connectivity index (χ0n) is 11.1. The van der Waals surface area contributed by atoms with Gasteiger partial charge in [0.25, 0.3) is 0 Å². The highest BCUT2D eigenvalue weighted by Gasteiger charge is 2.57. The molecule has 0 unspecified atom stereocenters. The highest BCUT2D eigenvalue weighted by molar-refractivity contribution is 5.69. The van der Waals surface area contributed by atoms with Gasteiger partial charge in [0, 0.05) is 6.54 Å². The molecule has 2 rings (SSSR count). The summed E-state index contributed by atoms with van der Waals surface area (Å²) < 4.78 is 5.29. The van der Waals surface area contributed by atoms with E-state index in [0.29, 0.717) is 12.0 Å². The number of rotatable bonds is 2. The number of amides is 1. The average Bonchev–Trinajstić information content (AvgIpc) is 2.04. The molecule has 2 aliphatic carbocycles. The third kappa shape index (κ3) is 2.57. The minimum Gasteiger partial charge on any atom is -0.444 e. The van der Waals surface area contributed by atoms with Crippen LogP contribution in [0.3, 0.4) is 0 Å². The number of nitrogens with two attached hydrogens (primary N) is 1. The number of alkyl carbamates (subject to hydrolysis) is 1. The number of nitrogens with one attached hydrogen (secondary N) is 1. The molecule has 0 aromatic carbocycles. The van der Waals surface area contributed by atoms with Crippen molar-refractivity contribution in [2.75, 3.05) is 6.54 Å². The van der Waals surface area contributed by atoms with Crippen molar-refractivity contribution in [2.45, 2.75) is 64.0 Å². The number of hydrogen-bond donors (Lipinski definition) is 2. The van der Waals surface area contributed by atoms with E-state index in [2.05, 4.69) is 5.32 Å². The molecule has 0 radical (unpaired) electrons. The molecule has 4 nitrogen and oxygen atoms in total. The van der Waals surface area contributed by atoms with Crippen LogP contribution in [-0.4, -0.2) is 23.8 Å². The summed E-state index contributed by atoms with van der Waals surface area (Å²) >= 11 is 0. The first-order chi connectivity index (χ1) is 7.78. The van der Waals surface area contributed by atoms with E-state index in [1.807, 2.05) is 20.8 Å². The maximum Gasteiger partial charge on any atom is 0.408 e. The Morgan fingerprint density at radius 2 is 1.94 bits per heavy atom. The highest BCUT2D eigenvalue weighted by atomic mass is 16.6. The van der Waals surface area contributed by atoms with Gasteiger partial charge in [0.05, 0.1) is 5.54 Å². The molecule has 0 bridgehead atoms. The molecule has 2 saturated carbocycles. The first-order valence-electron chi connectivity index (χ1n) is 6.50. The van der Waals surface area contributed by atoms with Gasteiger partial charge in [-0.25, -0.2) is 4.79 Å². The van der Waals surface area contributed by atoms with Gasteiger partial charge in [0.1, 0.15) is 5.60 Å². The van der Waals surface area contributed by atoms with Crippen LogP contribution in [0.2, 0.25) is 0 Å². The van der Waals surface area contributed by atoms with Crippen LogP contribution in [0.5, 0.6) is 0 Å². The number of carbonyl (C=O) groups excluding carboxylic acids is 1. The predicted octanol–water partition coefficient (Wildman–Crippen LogP) is 2.17. The van der Waals surface area contributed by atoms with Crippen LogP contribution in [0, 0.1) is 5.41 Å².